The van der Waals surface area contributed by atoms with Crippen molar-refractivity contribution in [3.05, 3.63) is 24.0 Å². The second-order valence-electron chi connectivity index (χ2n) is 5.23. The molecule has 1 aliphatic carbocycles. The molecule has 102 valence electrons. The van der Waals surface area contributed by atoms with Crippen LogP contribution >= 0.6 is 0 Å². The third-order valence-electron chi connectivity index (χ3n) is 4.06. The molecule has 2 aromatic rings. The van der Waals surface area contributed by atoms with Gasteiger partial charge >= 0.3 is 0 Å². The number of hydrogen-bond donors (Lipinski definition) is 0. The van der Waals surface area contributed by atoms with Gasteiger partial charge in [0.2, 0.25) is 0 Å². The summed E-state index contributed by atoms with van der Waals surface area (Å²) >= 11 is 0. The molecule has 1 saturated carbocycles. The SMILES string of the molecule is COc1cc(OC)c2cc(C3CCCCC3)oc2c1. The Balaban J connectivity index is 2.03. The summed E-state index contributed by atoms with van der Waals surface area (Å²) in [5.41, 5.74) is 0.858. The number of benzene rings is 1. The monoisotopic (exact) mass is 260 g/mol. The Bertz CT molecular complexity index is 565. The van der Waals surface area contributed by atoms with Crippen LogP contribution in [0.2, 0.25) is 0 Å². The highest BCUT2D eigenvalue weighted by atomic mass is 16.5. The van der Waals surface area contributed by atoms with Crippen LogP contribution in [0.1, 0.15) is 43.8 Å². The Morgan fingerprint density at radius 2 is 1.79 bits per heavy atom. The topological polar surface area (TPSA) is 31.6 Å². The first-order valence-corrected chi connectivity index (χ1v) is 6.97. The van der Waals surface area contributed by atoms with Crippen molar-refractivity contribution < 1.29 is 13.9 Å². The highest BCUT2D eigenvalue weighted by molar-refractivity contribution is 5.86. The Kier molecular flexibility index (Phi) is 3.36. The summed E-state index contributed by atoms with van der Waals surface area (Å²) in [6.45, 7) is 0. The lowest BCUT2D eigenvalue weighted by Crippen LogP contribution is -2.02. The molecule has 0 unspecified atom stereocenters. The second-order valence-corrected chi connectivity index (χ2v) is 5.23. The van der Waals surface area contributed by atoms with E-state index >= 15 is 0 Å². The van der Waals surface area contributed by atoms with E-state index < -0.39 is 0 Å². The maximum atomic E-state index is 6.03. The summed E-state index contributed by atoms with van der Waals surface area (Å²) in [5.74, 6) is 3.26. The zero-order chi connectivity index (χ0) is 13.2. The highest BCUT2D eigenvalue weighted by Crippen LogP contribution is 2.39. The standard InChI is InChI=1S/C16H20O3/c1-17-12-8-15(18-2)13-10-14(19-16(13)9-12)11-6-4-3-5-7-11/h8-11H,3-7H2,1-2H3. The van der Waals surface area contributed by atoms with Crippen LogP contribution < -0.4 is 9.47 Å². The molecule has 0 aliphatic heterocycles. The molecule has 3 rings (SSSR count). The minimum Gasteiger partial charge on any atom is -0.496 e. The van der Waals surface area contributed by atoms with Crippen LogP contribution in [-0.2, 0) is 0 Å². The molecule has 3 nitrogen and oxygen atoms in total. The molecular formula is C16H20O3. The molecule has 3 heteroatoms. The van der Waals surface area contributed by atoms with Crippen LogP contribution in [0.4, 0.5) is 0 Å². The van der Waals surface area contributed by atoms with Crippen molar-refractivity contribution >= 4 is 11.0 Å². The third kappa shape index (κ3) is 2.29. The van der Waals surface area contributed by atoms with Crippen molar-refractivity contribution in [2.75, 3.05) is 14.2 Å². The Hall–Kier alpha value is -1.64. The molecule has 1 heterocycles. The van der Waals surface area contributed by atoms with Gasteiger partial charge in [-0.2, -0.15) is 0 Å². The molecule has 19 heavy (non-hydrogen) atoms. The van der Waals surface area contributed by atoms with Gasteiger partial charge in [0.15, 0.2) is 0 Å². The number of fused-ring (bicyclic) bond motifs is 1. The van der Waals surface area contributed by atoms with E-state index in [2.05, 4.69) is 6.07 Å². The summed E-state index contributed by atoms with van der Waals surface area (Å²) in [4.78, 5) is 0. The van der Waals surface area contributed by atoms with Gasteiger partial charge in [-0.3, -0.25) is 0 Å². The molecule has 0 bridgehead atoms. The van der Waals surface area contributed by atoms with Gasteiger partial charge in [0, 0.05) is 18.1 Å². The lowest BCUT2D eigenvalue weighted by Gasteiger charge is -2.18. The fourth-order valence-electron chi connectivity index (χ4n) is 2.98. The molecule has 1 fully saturated rings. The Morgan fingerprint density at radius 1 is 1.00 bits per heavy atom. The van der Waals surface area contributed by atoms with E-state index in [1.54, 1.807) is 14.2 Å². The summed E-state index contributed by atoms with van der Waals surface area (Å²) in [5, 5.41) is 1.05. The molecule has 0 spiro atoms. The highest BCUT2D eigenvalue weighted by Gasteiger charge is 2.20. The van der Waals surface area contributed by atoms with Crippen molar-refractivity contribution in [1.29, 1.82) is 0 Å². The maximum absolute atomic E-state index is 6.03. The van der Waals surface area contributed by atoms with Crippen molar-refractivity contribution in [2.45, 2.75) is 38.0 Å². The smallest absolute Gasteiger partial charge is 0.141 e. The number of furan rings is 1. The first-order chi connectivity index (χ1) is 9.31. The summed E-state index contributed by atoms with van der Waals surface area (Å²) in [6, 6.07) is 5.98. The van der Waals surface area contributed by atoms with Crippen molar-refractivity contribution in [1.82, 2.24) is 0 Å². The lowest BCUT2D eigenvalue weighted by atomic mass is 9.87. The Labute approximate surface area is 113 Å². The number of hydrogen-bond acceptors (Lipinski definition) is 3. The Morgan fingerprint density at radius 3 is 2.47 bits per heavy atom. The number of methoxy groups -OCH3 is 2. The van der Waals surface area contributed by atoms with Gasteiger partial charge in [0.25, 0.3) is 0 Å². The average molecular weight is 260 g/mol. The predicted molar refractivity (Wildman–Crippen MR) is 75.1 cm³/mol. The van der Waals surface area contributed by atoms with Gasteiger partial charge in [-0.1, -0.05) is 19.3 Å². The van der Waals surface area contributed by atoms with E-state index in [1.807, 2.05) is 12.1 Å². The molecule has 1 aromatic heterocycles. The van der Waals surface area contributed by atoms with Crippen LogP contribution in [0.3, 0.4) is 0 Å². The first kappa shape index (κ1) is 12.4. The van der Waals surface area contributed by atoms with E-state index in [9.17, 15) is 0 Å². The molecular weight excluding hydrogens is 240 g/mol. The molecule has 1 aromatic carbocycles. The van der Waals surface area contributed by atoms with E-state index in [0.29, 0.717) is 5.92 Å². The van der Waals surface area contributed by atoms with Crippen LogP contribution in [0.25, 0.3) is 11.0 Å². The second kappa shape index (κ2) is 5.16. The summed E-state index contributed by atoms with van der Waals surface area (Å²) in [7, 11) is 3.34. The summed E-state index contributed by atoms with van der Waals surface area (Å²) in [6.07, 6.45) is 6.44. The minimum atomic E-state index is 0.567. The molecule has 0 amide bonds. The molecule has 0 saturated heterocycles. The quantitative estimate of drug-likeness (QED) is 0.814. The van der Waals surface area contributed by atoms with Gasteiger partial charge in [0.1, 0.15) is 22.8 Å². The fourth-order valence-corrected chi connectivity index (χ4v) is 2.98. The van der Waals surface area contributed by atoms with Crippen molar-refractivity contribution in [2.24, 2.45) is 0 Å². The predicted octanol–water partition coefficient (Wildman–Crippen LogP) is 4.50. The number of rotatable bonds is 3. The largest absolute Gasteiger partial charge is 0.496 e. The molecule has 1 aliphatic rings. The van der Waals surface area contributed by atoms with E-state index in [-0.39, 0.29) is 0 Å². The molecule has 0 N–H and O–H groups in total. The average Bonchev–Trinajstić information content (AvgIpc) is 2.91. The van der Waals surface area contributed by atoms with Crippen LogP contribution in [-0.4, -0.2) is 14.2 Å². The van der Waals surface area contributed by atoms with E-state index in [4.69, 9.17) is 13.9 Å². The first-order valence-electron chi connectivity index (χ1n) is 6.97. The van der Waals surface area contributed by atoms with E-state index in [0.717, 1.165) is 28.2 Å². The lowest BCUT2D eigenvalue weighted by molar-refractivity contribution is 0.383. The van der Waals surface area contributed by atoms with Gasteiger partial charge < -0.3 is 13.9 Å². The molecule has 0 radical (unpaired) electrons. The maximum Gasteiger partial charge on any atom is 0.141 e. The van der Waals surface area contributed by atoms with Gasteiger partial charge in [-0.05, 0) is 18.9 Å². The normalized spacial score (nSPS) is 16.7. The fraction of sp³-hybridized carbons (Fsp3) is 0.500. The zero-order valence-corrected chi connectivity index (χ0v) is 11.6. The third-order valence-corrected chi connectivity index (χ3v) is 4.06. The van der Waals surface area contributed by atoms with Gasteiger partial charge in [-0.15, -0.1) is 0 Å². The van der Waals surface area contributed by atoms with Crippen molar-refractivity contribution in [3.63, 3.8) is 0 Å². The minimum absolute atomic E-state index is 0.567. The summed E-state index contributed by atoms with van der Waals surface area (Å²) < 4.78 is 16.7. The van der Waals surface area contributed by atoms with Crippen LogP contribution in [0, 0.1) is 0 Å². The van der Waals surface area contributed by atoms with Gasteiger partial charge in [0.05, 0.1) is 19.6 Å². The zero-order valence-electron chi connectivity index (χ0n) is 11.6. The van der Waals surface area contributed by atoms with Crippen molar-refractivity contribution in [3.8, 4) is 11.5 Å². The van der Waals surface area contributed by atoms with Gasteiger partial charge in [-0.25, -0.2) is 0 Å². The molecule has 0 atom stereocenters. The van der Waals surface area contributed by atoms with E-state index in [1.165, 1.54) is 32.1 Å². The van der Waals surface area contributed by atoms with Crippen LogP contribution in [0.15, 0.2) is 22.6 Å². The number of ether oxygens (including phenoxy) is 2. The van der Waals surface area contributed by atoms with Crippen LogP contribution in [0.5, 0.6) is 11.5 Å².